The van der Waals surface area contributed by atoms with Gasteiger partial charge in [-0.3, -0.25) is 4.79 Å². The number of fused-ring (bicyclic) bond motifs is 1. The van der Waals surface area contributed by atoms with E-state index in [1.807, 2.05) is 0 Å². The number of carbonyl (C=O) groups is 1. The minimum Gasteiger partial charge on any atom is -0.294 e. The minimum atomic E-state index is -0.0102. The van der Waals surface area contributed by atoms with Crippen LogP contribution in [0.4, 0.5) is 0 Å². The Bertz CT molecular complexity index is 589. The first-order valence-electron chi connectivity index (χ1n) is 7.78. The molecular formula is C19H26O. The maximum atomic E-state index is 12.9. The van der Waals surface area contributed by atoms with Gasteiger partial charge in [-0.2, -0.15) is 0 Å². The highest BCUT2D eigenvalue weighted by Crippen LogP contribution is 2.58. The van der Waals surface area contributed by atoms with Gasteiger partial charge in [0.15, 0.2) is 5.78 Å². The smallest absolute Gasteiger partial charge is 0.169 e. The van der Waals surface area contributed by atoms with Crippen molar-refractivity contribution in [3.63, 3.8) is 0 Å². The van der Waals surface area contributed by atoms with E-state index in [4.69, 9.17) is 0 Å². The summed E-state index contributed by atoms with van der Waals surface area (Å²) in [5, 5.41) is 0. The SMILES string of the molecule is CC(C)(C)c1ccc(C(C)(C)C)c2c1CC1(CC1)C2=O. The molecule has 2 aliphatic carbocycles. The molecule has 3 rings (SSSR count). The van der Waals surface area contributed by atoms with Crippen molar-refractivity contribution >= 4 is 5.78 Å². The maximum Gasteiger partial charge on any atom is 0.169 e. The van der Waals surface area contributed by atoms with Crippen LogP contribution < -0.4 is 0 Å². The molecule has 0 N–H and O–H groups in total. The highest BCUT2D eigenvalue weighted by atomic mass is 16.1. The molecule has 1 fully saturated rings. The zero-order chi connectivity index (χ0) is 14.9. The molecule has 0 unspecified atom stereocenters. The molecule has 0 aromatic heterocycles. The van der Waals surface area contributed by atoms with E-state index >= 15 is 0 Å². The molecule has 1 aromatic carbocycles. The summed E-state index contributed by atoms with van der Waals surface area (Å²) in [5.74, 6) is 0.434. The van der Waals surface area contributed by atoms with Crippen LogP contribution in [0.25, 0.3) is 0 Å². The zero-order valence-electron chi connectivity index (χ0n) is 13.7. The lowest BCUT2D eigenvalue weighted by atomic mass is 9.77. The first-order valence-corrected chi connectivity index (χ1v) is 7.78. The molecule has 1 nitrogen and oxygen atoms in total. The Balaban J connectivity index is 2.27. The number of benzene rings is 1. The molecule has 0 aliphatic heterocycles. The first-order chi connectivity index (χ1) is 9.06. The van der Waals surface area contributed by atoms with Gasteiger partial charge in [-0.15, -0.1) is 0 Å². The van der Waals surface area contributed by atoms with Gasteiger partial charge in [0, 0.05) is 11.0 Å². The Hall–Kier alpha value is -1.11. The zero-order valence-corrected chi connectivity index (χ0v) is 13.7. The molecule has 0 amide bonds. The summed E-state index contributed by atoms with van der Waals surface area (Å²) in [6, 6.07) is 4.48. The molecule has 0 atom stereocenters. The van der Waals surface area contributed by atoms with Gasteiger partial charge >= 0.3 is 0 Å². The number of Topliss-reactive ketones (excluding diaryl/α,β-unsaturated/α-hetero) is 1. The number of ketones is 1. The Morgan fingerprint density at radius 3 is 1.85 bits per heavy atom. The van der Waals surface area contributed by atoms with Gasteiger partial charge in [-0.25, -0.2) is 0 Å². The summed E-state index contributed by atoms with van der Waals surface area (Å²) in [6.45, 7) is 13.4. The number of hydrogen-bond donors (Lipinski definition) is 0. The maximum absolute atomic E-state index is 12.9. The quantitative estimate of drug-likeness (QED) is 0.661. The third-order valence-corrected chi connectivity index (χ3v) is 5.01. The second-order valence-corrected chi connectivity index (χ2v) is 8.80. The van der Waals surface area contributed by atoms with E-state index in [2.05, 4.69) is 53.7 Å². The van der Waals surface area contributed by atoms with Crippen LogP contribution in [-0.2, 0) is 17.3 Å². The second-order valence-electron chi connectivity index (χ2n) is 8.80. The third kappa shape index (κ3) is 1.86. The molecule has 2 aliphatic rings. The van der Waals surface area contributed by atoms with E-state index in [1.165, 1.54) is 16.7 Å². The minimum absolute atomic E-state index is 0.0102. The molecule has 1 saturated carbocycles. The van der Waals surface area contributed by atoms with Crippen molar-refractivity contribution in [2.45, 2.75) is 71.6 Å². The number of carbonyl (C=O) groups excluding carboxylic acids is 1. The van der Waals surface area contributed by atoms with Gasteiger partial charge in [0.1, 0.15) is 0 Å². The van der Waals surface area contributed by atoms with Gasteiger partial charge < -0.3 is 0 Å². The summed E-state index contributed by atoms with van der Waals surface area (Å²) in [6.07, 6.45) is 3.17. The lowest BCUT2D eigenvalue weighted by molar-refractivity contribution is 0.0917. The largest absolute Gasteiger partial charge is 0.294 e. The van der Waals surface area contributed by atoms with Gasteiger partial charge in [-0.1, -0.05) is 53.7 Å². The summed E-state index contributed by atoms with van der Waals surface area (Å²) in [7, 11) is 0. The van der Waals surface area contributed by atoms with Crippen LogP contribution >= 0.6 is 0 Å². The average Bonchev–Trinajstić information content (AvgIpc) is 2.99. The van der Waals surface area contributed by atoms with Crippen LogP contribution in [-0.4, -0.2) is 5.78 Å². The third-order valence-electron chi connectivity index (χ3n) is 5.01. The Kier molecular flexibility index (Phi) is 2.60. The van der Waals surface area contributed by atoms with E-state index in [1.54, 1.807) is 0 Å². The molecule has 1 aromatic rings. The van der Waals surface area contributed by atoms with Gasteiger partial charge in [0.05, 0.1) is 0 Å². The molecule has 0 saturated heterocycles. The summed E-state index contributed by atoms with van der Waals surface area (Å²) in [5.41, 5.74) is 5.18. The molecule has 20 heavy (non-hydrogen) atoms. The summed E-state index contributed by atoms with van der Waals surface area (Å²) >= 11 is 0. The topological polar surface area (TPSA) is 17.1 Å². The second kappa shape index (κ2) is 3.75. The molecule has 0 bridgehead atoms. The van der Waals surface area contributed by atoms with Crippen molar-refractivity contribution in [3.05, 3.63) is 34.4 Å². The Morgan fingerprint density at radius 2 is 1.40 bits per heavy atom. The fourth-order valence-electron chi connectivity index (χ4n) is 3.66. The van der Waals surface area contributed by atoms with Gasteiger partial charge in [0.2, 0.25) is 0 Å². The molecule has 0 radical (unpaired) electrons. The molecular weight excluding hydrogens is 244 g/mol. The number of rotatable bonds is 0. The van der Waals surface area contributed by atoms with Gasteiger partial charge in [0.25, 0.3) is 0 Å². The Morgan fingerprint density at radius 1 is 0.900 bits per heavy atom. The highest BCUT2D eigenvalue weighted by molar-refractivity contribution is 6.08. The average molecular weight is 270 g/mol. The summed E-state index contributed by atoms with van der Waals surface area (Å²) < 4.78 is 0. The highest BCUT2D eigenvalue weighted by Gasteiger charge is 2.56. The Labute approximate surface area is 122 Å². The van der Waals surface area contributed by atoms with Crippen molar-refractivity contribution < 1.29 is 4.79 Å². The molecule has 108 valence electrons. The number of hydrogen-bond acceptors (Lipinski definition) is 1. The predicted molar refractivity (Wildman–Crippen MR) is 83.5 cm³/mol. The van der Waals surface area contributed by atoms with E-state index in [-0.39, 0.29) is 16.2 Å². The van der Waals surface area contributed by atoms with Crippen LogP contribution in [0.15, 0.2) is 12.1 Å². The van der Waals surface area contributed by atoms with Crippen LogP contribution in [0.1, 0.15) is 81.4 Å². The molecule has 1 heteroatoms. The van der Waals surface area contributed by atoms with E-state index in [9.17, 15) is 4.79 Å². The monoisotopic (exact) mass is 270 g/mol. The van der Waals surface area contributed by atoms with Crippen LogP contribution in [0.2, 0.25) is 0 Å². The van der Waals surface area contributed by atoms with Crippen LogP contribution in [0.5, 0.6) is 0 Å². The summed E-state index contributed by atoms with van der Waals surface area (Å²) in [4.78, 5) is 12.9. The van der Waals surface area contributed by atoms with Gasteiger partial charge in [-0.05, 0) is 46.8 Å². The van der Waals surface area contributed by atoms with E-state index in [0.29, 0.717) is 5.78 Å². The van der Waals surface area contributed by atoms with Crippen molar-refractivity contribution in [2.24, 2.45) is 5.41 Å². The van der Waals surface area contributed by atoms with Crippen LogP contribution in [0.3, 0.4) is 0 Å². The van der Waals surface area contributed by atoms with Crippen molar-refractivity contribution in [2.75, 3.05) is 0 Å². The van der Waals surface area contributed by atoms with Crippen LogP contribution in [0, 0.1) is 5.41 Å². The fraction of sp³-hybridized carbons (Fsp3) is 0.632. The fourth-order valence-corrected chi connectivity index (χ4v) is 3.66. The molecule has 1 spiro atoms. The normalized spacial score (nSPS) is 20.4. The first kappa shape index (κ1) is 13.9. The molecule has 0 heterocycles. The van der Waals surface area contributed by atoms with Crippen molar-refractivity contribution in [3.8, 4) is 0 Å². The lowest BCUT2D eigenvalue weighted by Crippen LogP contribution is -2.20. The van der Waals surface area contributed by atoms with E-state index < -0.39 is 0 Å². The van der Waals surface area contributed by atoms with Crippen molar-refractivity contribution in [1.29, 1.82) is 0 Å². The lowest BCUT2D eigenvalue weighted by Gasteiger charge is -2.27. The van der Waals surface area contributed by atoms with E-state index in [0.717, 1.165) is 24.8 Å². The standard InChI is InChI=1S/C19H26O/c1-17(2,3)13-7-8-14(18(4,5)6)15-12(13)11-19(9-10-19)16(15)20/h7-8H,9-11H2,1-6H3. The van der Waals surface area contributed by atoms with Crippen molar-refractivity contribution in [1.82, 2.24) is 0 Å². The predicted octanol–water partition coefficient (Wildman–Crippen LogP) is 4.80.